The Hall–Kier alpha value is -2.82. The number of rotatable bonds is 6. The van der Waals surface area contributed by atoms with Crippen LogP contribution in [-0.2, 0) is 9.59 Å². The van der Waals surface area contributed by atoms with Gasteiger partial charge in [-0.25, -0.2) is 4.79 Å². The Kier molecular flexibility index (Phi) is 5.74. The molecule has 1 amide bonds. The third-order valence-corrected chi connectivity index (χ3v) is 3.11. The van der Waals surface area contributed by atoms with E-state index in [9.17, 15) is 9.59 Å². The van der Waals surface area contributed by atoms with Crippen molar-refractivity contribution < 1.29 is 19.1 Å². The molecule has 0 fully saturated rings. The minimum absolute atomic E-state index is 0.152. The number of ether oxygens (including phenoxy) is 2. The highest BCUT2D eigenvalue weighted by Gasteiger charge is 2.09. The first kappa shape index (κ1) is 16.5. The van der Waals surface area contributed by atoms with Crippen LogP contribution in [0, 0.1) is 13.8 Å². The number of esters is 1. The quantitative estimate of drug-likeness (QED) is 0.657. The summed E-state index contributed by atoms with van der Waals surface area (Å²) in [5.41, 5.74) is 1.90. The van der Waals surface area contributed by atoms with Crippen molar-refractivity contribution in [2.75, 3.05) is 13.2 Å². The fraction of sp³-hybridized carbons (Fsp3) is 0.222. The number of benzene rings is 2. The average Bonchev–Trinajstić information content (AvgIpc) is 2.53. The number of hydrogen-bond acceptors (Lipinski definition) is 4. The monoisotopic (exact) mass is 313 g/mol. The fourth-order valence-corrected chi connectivity index (χ4v) is 1.91. The van der Waals surface area contributed by atoms with Gasteiger partial charge in [-0.2, -0.15) is 0 Å². The summed E-state index contributed by atoms with van der Waals surface area (Å²) in [6, 6.07) is 14.6. The lowest BCUT2D eigenvalue weighted by Crippen LogP contribution is -2.35. The Labute approximate surface area is 135 Å². The van der Waals surface area contributed by atoms with E-state index in [0.717, 1.165) is 11.1 Å². The van der Waals surface area contributed by atoms with Crippen molar-refractivity contribution in [1.82, 2.24) is 5.32 Å². The van der Waals surface area contributed by atoms with Gasteiger partial charge < -0.3 is 14.8 Å². The maximum absolute atomic E-state index is 11.7. The highest BCUT2D eigenvalue weighted by molar-refractivity contribution is 5.83. The Morgan fingerprint density at radius 1 is 1.04 bits per heavy atom. The normalized spacial score (nSPS) is 10.0. The molecule has 0 heterocycles. The van der Waals surface area contributed by atoms with Gasteiger partial charge in [-0.3, -0.25) is 4.79 Å². The molecule has 120 valence electrons. The van der Waals surface area contributed by atoms with Gasteiger partial charge >= 0.3 is 5.97 Å². The lowest BCUT2D eigenvalue weighted by molar-refractivity contribution is -0.136. The minimum atomic E-state index is -0.525. The number of para-hydroxylation sites is 1. The Balaban J connectivity index is 1.74. The minimum Gasteiger partial charge on any atom is -0.484 e. The summed E-state index contributed by atoms with van der Waals surface area (Å²) in [4.78, 5) is 23.4. The molecule has 0 aliphatic rings. The SMILES string of the molecule is Cc1cccc(OCC(=O)NCC(=O)Oc2ccccc2C)c1. The molecule has 0 atom stereocenters. The van der Waals surface area contributed by atoms with Gasteiger partial charge in [0.15, 0.2) is 6.61 Å². The molecule has 2 rings (SSSR count). The van der Waals surface area contributed by atoms with E-state index in [-0.39, 0.29) is 19.1 Å². The number of aryl methyl sites for hydroxylation is 2. The van der Waals surface area contributed by atoms with Crippen LogP contribution in [0.3, 0.4) is 0 Å². The molecule has 0 saturated heterocycles. The zero-order chi connectivity index (χ0) is 16.7. The summed E-state index contributed by atoms with van der Waals surface area (Å²) in [7, 11) is 0. The molecule has 0 aliphatic heterocycles. The van der Waals surface area contributed by atoms with Gasteiger partial charge in [0.1, 0.15) is 18.0 Å². The molecule has 1 N–H and O–H groups in total. The third-order valence-electron chi connectivity index (χ3n) is 3.11. The predicted molar refractivity (Wildman–Crippen MR) is 86.5 cm³/mol. The largest absolute Gasteiger partial charge is 0.484 e. The maximum atomic E-state index is 11.7. The van der Waals surface area contributed by atoms with Gasteiger partial charge in [-0.1, -0.05) is 30.3 Å². The van der Waals surface area contributed by atoms with Gasteiger partial charge in [-0.05, 0) is 43.2 Å². The first-order valence-electron chi connectivity index (χ1n) is 7.27. The standard InChI is InChI=1S/C18H19NO4/c1-13-6-5-8-15(10-13)22-12-17(20)19-11-18(21)23-16-9-4-3-7-14(16)2/h3-10H,11-12H2,1-2H3,(H,19,20). The van der Waals surface area contributed by atoms with Crippen molar-refractivity contribution in [3.63, 3.8) is 0 Å². The first-order valence-corrected chi connectivity index (χ1v) is 7.27. The van der Waals surface area contributed by atoms with Crippen LogP contribution in [0.5, 0.6) is 11.5 Å². The van der Waals surface area contributed by atoms with E-state index in [4.69, 9.17) is 9.47 Å². The zero-order valence-corrected chi connectivity index (χ0v) is 13.2. The smallest absolute Gasteiger partial charge is 0.330 e. The predicted octanol–water partition coefficient (Wildman–Crippen LogP) is 2.40. The Bertz CT molecular complexity index is 697. The molecule has 5 heteroatoms. The second kappa shape index (κ2) is 7.98. The summed E-state index contributed by atoms with van der Waals surface area (Å²) in [6.07, 6.45) is 0. The lowest BCUT2D eigenvalue weighted by Gasteiger charge is -2.09. The summed E-state index contributed by atoms with van der Waals surface area (Å²) >= 11 is 0. The van der Waals surface area contributed by atoms with Crippen molar-refractivity contribution in [2.45, 2.75) is 13.8 Å². The lowest BCUT2D eigenvalue weighted by atomic mass is 10.2. The van der Waals surface area contributed by atoms with Crippen LogP contribution in [-0.4, -0.2) is 25.0 Å². The van der Waals surface area contributed by atoms with Crippen LogP contribution in [0.1, 0.15) is 11.1 Å². The van der Waals surface area contributed by atoms with Gasteiger partial charge in [0.05, 0.1) is 0 Å². The van der Waals surface area contributed by atoms with Crippen LogP contribution in [0.4, 0.5) is 0 Å². The number of nitrogens with one attached hydrogen (secondary N) is 1. The number of carbonyl (C=O) groups excluding carboxylic acids is 2. The molecule has 5 nitrogen and oxygen atoms in total. The summed E-state index contributed by atoms with van der Waals surface area (Å²) < 4.78 is 10.5. The Morgan fingerprint density at radius 3 is 2.57 bits per heavy atom. The molecule has 0 aliphatic carbocycles. The number of hydrogen-bond donors (Lipinski definition) is 1. The average molecular weight is 313 g/mol. The van der Waals surface area contributed by atoms with E-state index in [1.54, 1.807) is 18.2 Å². The molecule has 2 aromatic rings. The first-order chi connectivity index (χ1) is 11.0. The molecule has 0 aromatic heterocycles. The molecule has 2 aromatic carbocycles. The van der Waals surface area contributed by atoms with E-state index >= 15 is 0 Å². The van der Waals surface area contributed by atoms with Crippen LogP contribution >= 0.6 is 0 Å². The molecule has 23 heavy (non-hydrogen) atoms. The summed E-state index contributed by atoms with van der Waals surface area (Å²) in [5.74, 6) is 0.196. The second-order valence-electron chi connectivity index (χ2n) is 5.12. The van der Waals surface area contributed by atoms with Crippen LogP contribution in [0.15, 0.2) is 48.5 Å². The zero-order valence-electron chi connectivity index (χ0n) is 13.2. The van der Waals surface area contributed by atoms with Crippen LogP contribution in [0.25, 0.3) is 0 Å². The second-order valence-corrected chi connectivity index (χ2v) is 5.12. The molecule has 0 unspecified atom stereocenters. The molecule has 0 saturated carbocycles. The van der Waals surface area contributed by atoms with E-state index in [0.29, 0.717) is 11.5 Å². The molecular formula is C18H19NO4. The summed E-state index contributed by atoms with van der Waals surface area (Å²) in [6.45, 7) is 3.43. The van der Waals surface area contributed by atoms with E-state index in [2.05, 4.69) is 5.32 Å². The van der Waals surface area contributed by atoms with Gasteiger partial charge in [0.25, 0.3) is 5.91 Å². The van der Waals surface area contributed by atoms with E-state index in [1.165, 1.54) is 0 Å². The van der Waals surface area contributed by atoms with Gasteiger partial charge in [0, 0.05) is 0 Å². The van der Waals surface area contributed by atoms with Crippen molar-refractivity contribution in [2.24, 2.45) is 0 Å². The maximum Gasteiger partial charge on any atom is 0.330 e. The fourth-order valence-electron chi connectivity index (χ4n) is 1.91. The van der Waals surface area contributed by atoms with Crippen LogP contribution < -0.4 is 14.8 Å². The number of amides is 1. The summed E-state index contributed by atoms with van der Waals surface area (Å²) in [5, 5.41) is 2.47. The topological polar surface area (TPSA) is 64.6 Å². The highest BCUT2D eigenvalue weighted by Crippen LogP contribution is 2.16. The number of carbonyl (C=O) groups is 2. The van der Waals surface area contributed by atoms with Crippen LogP contribution in [0.2, 0.25) is 0 Å². The molecule has 0 bridgehead atoms. The molecule has 0 spiro atoms. The van der Waals surface area contributed by atoms with Crippen molar-refractivity contribution in [3.05, 3.63) is 59.7 Å². The Morgan fingerprint density at radius 2 is 1.83 bits per heavy atom. The van der Waals surface area contributed by atoms with E-state index in [1.807, 2.05) is 44.2 Å². The van der Waals surface area contributed by atoms with Gasteiger partial charge in [0.2, 0.25) is 0 Å². The molecular weight excluding hydrogens is 294 g/mol. The molecule has 0 radical (unpaired) electrons. The third kappa shape index (κ3) is 5.47. The van der Waals surface area contributed by atoms with Crippen molar-refractivity contribution >= 4 is 11.9 Å². The van der Waals surface area contributed by atoms with E-state index < -0.39 is 5.97 Å². The van der Waals surface area contributed by atoms with Crippen molar-refractivity contribution in [1.29, 1.82) is 0 Å². The van der Waals surface area contributed by atoms with Crippen molar-refractivity contribution in [3.8, 4) is 11.5 Å². The van der Waals surface area contributed by atoms with Gasteiger partial charge in [-0.15, -0.1) is 0 Å². The highest BCUT2D eigenvalue weighted by atomic mass is 16.5.